The minimum Gasteiger partial charge on any atom is -0.467 e. The Bertz CT molecular complexity index is 623. The normalized spacial score (nSPS) is 12.0. The molecule has 0 aliphatic carbocycles. The summed E-state index contributed by atoms with van der Waals surface area (Å²) in [6, 6.07) is 9.21. The first kappa shape index (κ1) is 17.4. The van der Waals surface area contributed by atoms with Gasteiger partial charge in [0.2, 0.25) is 0 Å². The van der Waals surface area contributed by atoms with Crippen molar-refractivity contribution in [1.29, 1.82) is 0 Å². The SMILES string of the molecule is Cc1cc(C)cc(CC(c2ccco2)N(S)C(=O)NCCO)c1. The third-order valence-electron chi connectivity index (χ3n) is 3.47. The minimum absolute atomic E-state index is 0.115. The molecule has 124 valence electrons. The highest BCUT2D eigenvalue weighted by Crippen LogP contribution is 2.28. The van der Waals surface area contributed by atoms with Crippen molar-refractivity contribution in [2.45, 2.75) is 26.3 Å². The molecule has 0 bridgehead atoms. The van der Waals surface area contributed by atoms with Crippen molar-refractivity contribution in [2.75, 3.05) is 13.2 Å². The van der Waals surface area contributed by atoms with Crippen molar-refractivity contribution in [1.82, 2.24) is 9.62 Å². The quantitative estimate of drug-likeness (QED) is 0.712. The van der Waals surface area contributed by atoms with Crippen molar-refractivity contribution in [3.05, 3.63) is 59.0 Å². The summed E-state index contributed by atoms with van der Waals surface area (Å²) in [7, 11) is 0. The van der Waals surface area contributed by atoms with Crippen molar-refractivity contribution in [3.8, 4) is 0 Å². The lowest BCUT2D eigenvalue weighted by molar-refractivity contribution is 0.206. The number of furan rings is 1. The maximum absolute atomic E-state index is 12.1. The molecule has 0 radical (unpaired) electrons. The minimum atomic E-state index is -0.367. The largest absolute Gasteiger partial charge is 0.467 e. The average molecular weight is 334 g/mol. The van der Waals surface area contributed by atoms with Crippen molar-refractivity contribution >= 4 is 18.8 Å². The highest BCUT2D eigenvalue weighted by atomic mass is 32.1. The van der Waals surface area contributed by atoms with Gasteiger partial charge in [0.05, 0.1) is 12.9 Å². The molecule has 1 unspecified atom stereocenters. The molecule has 5 nitrogen and oxygen atoms in total. The van der Waals surface area contributed by atoms with Crippen molar-refractivity contribution in [3.63, 3.8) is 0 Å². The van der Waals surface area contributed by atoms with Crippen LogP contribution in [0.5, 0.6) is 0 Å². The maximum Gasteiger partial charge on any atom is 0.327 e. The number of thiol groups is 1. The van der Waals surface area contributed by atoms with E-state index in [9.17, 15) is 4.79 Å². The maximum atomic E-state index is 12.1. The Kier molecular flexibility index (Phi) is 6.12. The van der Waals surface area contributed by atoms with Crippen LogP contribution in [0, 0.1) is 13.8 Å². The van der Waals surface area contributed by atoms with E-state index in [-0.39, 0.29) is 25.2 Å². The summed E-state index contributed by atoms with van der Waals surface area (Å²) in [5.74, 6) is 0.665. The number of carbonyl (C=O) groups excluding carboxylic acids is 1. The molecule has 23 heavy (non-hydrogen) atoms. The van der Waals surface area contributed by atoms with Gasteiger partial charge in [-0.2, -0.15) is 0 Å². The smallest absolute Gasteiger partial charge is 0.327 e. The fourth-order valence-corrected chi connectivity index (χ4v) is 2.85. The number of urea groups is 1. The number of benzene rings is 1. The number of hydrogen-bond donors (Lipinski definition) is 3. The summed E-state index contributed by atoms with van der Waals surface area (Å²) in [4.78, 5) is 12.1. The number of nitrogens with one attached hydrogen (secondary N) is 1. The van der Waals surface area contributed by atoms with Crippen LogP contribution in [0.25, 0.3) is 0 Å². The molecule has 0 saturated heterocycles. The molecule has 0 aliphatic rings. The highest BCUT2D eigenvalue weighted by molar-refractivity contribution is 7.78. The van der Waals surface area contributed by atoms with Gasteiger partial charge in [-0.25, -0.2) is 4.79 Å². The van der Waals surface area contributed by atoms with E-state index in [2.05, 4.69) is 36.3 Å². The number of carbonyl (C=O) groups is 1. The van der Waals surface area contributed by atoms with Crippen LogP contribution < -0.4 is 5.32 Å². The second-order valence-electron chi connectivity index (χ2n) is 5.53. The van der Waals surface area contributed by atoms with Gasteiger partial charge in [-0.05, 0) is 31.5 Å². The number of amides is 2. The lowest BCUT2D eigenvalue weighted by Gasteiger charge is -2.25. The van der Waals surface area contributed by atoms with E-state index < -0.39 is 0 Å². The summed E-state index contributed by atoms with van der Waals surface area (Å²) >= 11 is 4.34. The topological polar surface area (TPSA) is 65.7 Å². The van der Waals surface area contributed by atoms with E-state index in [0.29, 0.717) is 12.2 Å². The molecule has 1 aromatic heterocycles. The van der Waals surface area contributed by atoms with Gasteiger partial charge in [-0.15, -0.1) is 0 Å². The Labute approximate surface area is 141 Å². The molecule has 1 aromatic carbocycles. The first-order chi connectivity index (χ1) is 11.0. The van der Waals surface area contributed by atoms with Crippen molar-refractivity contribution < 1.29 is 14.3 Å². The molecule has 2 N–H and O–H groups in total. The number of nitrogens with zero attached hydrogens (tertiary/aromatic N) is 1. The zero-order valence-electron chi connectivity index (χ0n) is 13.3. The van der Waals surface area contributed by atoms with Gasteiger partial charge in [0.15, 0.2) is 0 Å². The van der Waals surface area contributed by atoms with E-state index in [1.54, 1.807) is 12.3 Å². The van der Waals surface area contributed by atoms with Crippen LogP contribution in [0.2, 0.25) is 0 Å². The Morgan fingerprint density at radius 3 is 2.61 bits per heavy atom. The van der Waals surface area contributed by atoms with Crippen LogP contribution in [0.1, 0.15) is 28.5 Å². The fourth-order valence-electron chi connectivity index (χ4n) is 2.58. The van der Waals surface area contributed by atoms with Crippen LogP contribution in [-0.2, 0) is 6.42 Å². The predicted octanol–water partition coefficient (Wildman–Crippen LogP) is 3.03. The molecule has 1 atom stereocenters. The number of aryl methyl sites for hydroxylation is 2. The standard InChI is InChI=1S/C17H22N2O3S/c1-12-8-13(2)10-14(9-12)11-15(16-4-3-7-22-16)19(23)17(21)18-5-6-20/h3-4,7-10,15,20,23H,5-6,11H2,1-2H3,(H,18,21). The molecule has 0 spiro atoms. The zero-order valence-corrected chi connectivity index (χ0v) is 14.2. The molecule has 1 heterocycles. The lowest BCUT2D eigenvalue weighted by atomic mass is 10.00. The second-order valence-corrected chi connectivity index (χ2v) is 5.96. The zero-order chi connectivity index (χ0) is 16.8. The van der Waals surface area contributed by atoms with Crippen LogP contribution >= 0.6 is 12.8 Å². The van der Waals surface area contributed by atoms with Crippen molar-refractivity contribution in [2.24, 2.45) is 0 Å². The van der Waals surface area contributed by atoms with Gasteiger partial charge in [0, 0.05) is 13.0 Å². The van der Waals surface area contributed by atoms with Crippen LogP contribution in [0.15, 0.2) is 41.0 Å². The van der Waals surface area contributed by atoms with Gasteiger partial charge in [-0.3, -0.25) is 4.31 Å². The molecule has 2 rings (SSSR count). The second kappa shape index (κ2) is 8.08. The van der Waals surface area contributed by atoms with Gasteiger partial charge < -0.3 is 14.8 Å². The summed E-state index contributed by atoms with van der Waals surface area (Å²) in [6.07, 6.45) is 2.17. The monoisotopic (exact) mass is 334 g/mol. The first-order valence-electron chi connectivity index (χ1n) is 7.48. The summed E-state index contributed by atoms with van der Waals surface area (Å²) in [5.41, 5.74) is 3.46. The first-order valence-corrected chi connectivity index (χ1v) is 7.88. The van der Waals surface area contributed by atoms with Crippen LogP contribution in [0.4, 0.5) is 4.79 Å². The van der Waals surface area contributed by atoms with Gasteiger partial charge in [0.25, 0.3) is 0 Å². The van der Waals surface area contributed by atoms with Crippen LogP contribution in [0.3, 0.4) is 0 Å². The summed E-state index contributed by atoms with van der Waals surface area (Å²) in [6.45, 7) is 4.16. The van der Waals surface area contributed by atoms with Gasteiger partial charge in [0.1, 0.15) is 11.8 Å². The summed E-state index contributed by atoms with van der Waals surface area (Å²) in [5, 5.41) is 11.4. The molecule has 0 saturated carbocycles. The molecule has 2 amide bonds. The molecule has 0 aliphatic heterocycles. The lowest BCUT2D eigenvalue weighted by Crippen LogP contribution is -2.38. The number of hydrogen-bond acceptors (Lipinski definition) is 4. The third-order valence-corrected chi connectivity index (χ3v) is 3.93. The van der Waals surface area contributed by atoms with Crippen LogP contribution in [-0.4, -0.2) is 28.6 Å². The Hall–Kier alpha value is -1.92. The number of aliphatic hydroxyl groups is 1. The predicted molar refractivity (Wildman–Crippen MR) is 92.4 cm³/mol. The Morgan fingerprint density at radius 1 is 1.35 bits per heavy atom. The van der Waals surface area contributed by atoms with E-state index in [0.717, 1.165) is 5.56 Å². The molecule has 0 fully saturated rings. The fraction of sp³-hybridized carbons (Fsp3) is 0.353. The van der Waals surface area contributed by atoms with E-state index >= 15 is 0 Å². The van der Waals surface area contributed by atoms with E-state index in [4.69, 9.17) is 9.52 Å². The summed E-state index contributed by atoms with van der Waals surface area (Å²) < 4.78 is 6.80. The number of rotatable bonds is 6. The Balaban J connectivity index is 2.22. The molecular weight excluding hydrogens is 312 g/mol. The van der Waals surface area contributed by atoms with Gasteiger partial charge >= 0.3 is 6.03 Å². The third kappa shape index (κ3) is 4.77. The number of aliphatic hydroxyl groups excluding tert-OH is 1. The Morgan fingerprint density at radius 2 is 2.04 bits per heavy atom. The highest BCUT2D eigenvalue weighted by Gasteiger charge is 2.25. The molecular formula is C17H22N2O3S. The molecule has 2 aromatic rings. The average Bonchev–Trinajstić information content (AvgIpc) is 3.02. The van der Waals surface area contributed by atoms with E-state index in [1.165, 1.54) is 15.4 Å². The van der Waals surface area contributed by atoms with Gasteiger partial charge in [-0.1, -0.05) is 42.1 Å². The molecule has 6 heteroatoms. The van der Waals surface area contributed by atoms with E-state index in [1.807, 2.05) is 19.9 Å².